The molecular weight excluding hydrogens is 378 g/mol. The van der Waals surface area contributed by atoms with E-state index in [2.05, 4.69) is 10.6 Å². The highest BCUT2D eigenvalue weighted by molar-refractivity contribution is 5.95. The molecule has 1 rings (SSSR count). The summed E-state index contributed by atoms with van der Waals surface area (Å²) in [5.74, 6) is -0.917. The molecule has 0 aliphatic heterocycles. The van der Waals surface area contributed by atoms with Crippen molar-refractivity contribution >= 4 is 29.2 Å². The largest absolute Gasteiger partial charge is 0.444 e. The number of non-ortho nitro benzene ring substituents is 1. The Labute approximate surface area is 170 Å². The molecule has 0 bridgehead atoms. The Bertz CT molecular complexity index is 725. The molecule has 1 atom stereocenters. The van der Waals surface area contributed by atoms with E-state index in [0.717, 1.165) is 0 Å². The molecule has 2 N–H and O–H groups in total. The summed E-state index contributed by atoms with van der Waals surface area (Å²) in [5, 5.41) is 16.0. The highest BCUT2D eigenvalue weighted by Gasteiger charge is 2.21. The van der Waals surface area contributed by atoms with Crippen molar-refractivity contribution in [2.24, 2.45) is 5.92 Å². The summed E-state index contributed by atoms with van der Waals surface area (Å²) in [6.07, 6.45) is 1.38. The van der Waals surface area contributed by atoms with Crippen LogP contribution in [0.5, 0.6) is 0 Å². The van der Waals surface area contributed by atoms with Gasteiger partial charge in [-0.3, -0.25) is 14.9 Å². The van der Waals surface area contributed by atoms with Crippen molar-refractivity contribution in [2.45, 2.75) is 59.0 Å². The maximum absolute atomic E-state index is 12.5. The predicted molar refractivity (Wildman–Crippen MR) is 109 cm³/mol. The second kappa shape index (κ2) is 11.1. The van der Waals surface area contributed by atoms with Crippen molar-refractivity contribution in [2.75, 3.05) is 11.9 Å². The summed E-state index contributed by atoms with van der Waals surface area (Å²) in [4.78, 5) is 45.8. The van der Waals surface area contributed by atoms with Crippen LogP contribution in [0.2, 0.25) is 0 Å². The third-order valence-electron chi connectivity index (χ3n) is 3.90. The van der Waals surface area contributed by atoms with Gasteiger partial charge in [-0.05, 0) is 52.7 Å². The zero-order valence-corrected chi connectivity index (χ0v) is 17.3. The molecule has 1 aromatic rings. The summed E-state index contributed by atoms with van der Waals surface area (Å²) in [7, 11) is 0. The molecule has 0 radical (unpaired) electrons. The van der Waals surface area contributed by atoms with E-state index in [9.17, 15) is 24.5 Å². The van der Waals surface area contributed by atoms with Crippen LogP contribution < -0.4 is 10.6 Å². The number of carbonyl (C=O) groups is 3. The molecule has 0 saturated carbocycles. The van der Waals surface area contributed by atoms with Crippen LogP contribution in [0.15, 0.2) is 24.3 Å². The van der Waals surface area contributed by atoms with Gasteiger partial charge in [-0.2, -0.15) is 0 Å². The number of rotatable bonds is 10. The van der Waals surface area contributed by atoms with Crippen LogP contribution in [0.3, 0.4) is 0 Å². The number of amides is 2. The minimum atomic E-state index is -0.563. The first-order valence-electron chi connectivity index (χ1n) is 9.49. The van der Waals surface area contributed by atoms with Gasteiger partial charge in [-0.15, -0.1) is 0 Å². The fourth-order valence-electron chi connectivity index (χ4n) is 2.60. The lowest BCUT2D eigenvalue weighted by molar-refractivity contribution is -0.384. The molecule has 0 aliphatic rings. The maximum atomic E-state index is 12.5. The Morgan fingerprint density at radius 1 is 1.14 bits per heavy atom. The number of ketones is 1. The lowest BCUT2D eigenvalue weighted by atomic mass is 9.95. The van der Waals surface area contributed by atoms with E-state index < -0.39 is 22.5 Å². The predicted octanol–water partition coefficient (Wildman–Crippen LogP) is 3.82. The molecule has 9 heteroatoms. The second-order valence-corrected chi connectivity index (χ2v) is 7.82. The molecule has 0 heterocycles. The summed E-state index contributed by atoms with van der Waals surface area (Å²) in [6.45, 7) is 7.18. The Morgan fingerprint density at radius 3 is 2.28 bits per heavy atom. The van der Waals surface area contributed by atoms with Crippen LogP contribution in [0.25, 0.3) is 0 Å². The van der Waals surface area contributed by atoms with Gasteiger partial charge in [-0.25, -0.2) is 4.79 Å². The van der Waals surface area contributed by atoms with Gasteiger partial charge in [0.05, 0.1) is 4.92 Å². The van der Waals surface area contributed by atoms with Crippen LogP contribution in [0.4, 0.5) is 16.2 Å². The van der Waals surface area contributed by atoms with E-state index in [-0.39, 0.29) is 23.8 Å². The van der Waals surface area contributed by atoms with Crippen molar-refractivity contribution in [3.63, 3.8) is 0 Å². The first-order valence-corrected chi connectivity index (χ1v) is 9.49. The average molecular weight is 407 g/mol. The second-order valence-electron chi connectivity index (χ2n) is 7.82. The maximum Gasteiger partial charge on any atom is 0.407 e. The molecule has 0 spiro atoms. The molecule has 0 aromatic heterocycles. The van der Waals surface area contributed by atoms with Gasteiger partial charge in [0.2, 0.25) is 5.91 Å². The number of nitrogens with one attached hydrogen (secondary N) is 2. The van der Waals surface area contributed by atoms with Gasteiger partial charge >= 0.3 is 6.09 Å². The van der Waals surface area contributed by atoms with Crippen LogP contribution in [0.1, 0.15) is 53.4 Å². The number of hydrogen-bond donors (Lipinski definition) is 2. The fourth-order valence-corrected chi connectivity index (χ4v) is 2.60. The first-order chi connectivity index (χ1) is 13.5. The van der Waals surface area contributed by atoms with Crippen molar-refractivity contribution in [1.82, 2.24) is 5.32 Å². The molecule has 29 heavy (non-hydrogen) atoms. The fraction of sp³-hybridized carbons (Fsp3) is 0.550. The summed E-state index contributed by atoms with van der Waals surface area (Å²) in [6, 6.07) is 5.51. The lowest BCUT2D eigenvalue weighted by Crippen LogP contribution is -2.33. The number of Topliss-reactive ketones (excluding diaryl/α,β-unsaturated/α-hetero) is 1. The normalized spacial score (nSPS) is 12.0. The van der Waals surface area contributed by atoms with E-state index >= 15 is 0 Å². The Morgan fingerprint density at radius 2 is 1.76 bits per heavy atom. The molecule has 160 valence electrons. The van der Waals surface area contributed by atoms with Crippen molar-refractivity contribution in [3.8, 4) is 0 Å². The Kier molecular flexibility index (Phi) is 9.24. The molecule has 0 unspecified atom stereocenters. The van der Waals surface area contributed by atoms with Gasteiger partial charge in [0.1, 0.15) is 11.4 Å². The summed E-state index contributed by atoms with van der Waals surface area (Å²) in [5.41, 5.74) is -0.200. The van der Waals surface area contributed by atoms with Gasteiger partial charge in [-0.1, -0.05) is 6.42 Å². The number of anilines is 1. The van der Waals surface area contributed by atoms with Crippen LogP contribution in [-0.4, -0.2) is 34.9 Å². The van der Waals surface area contributed by atoms with E-state index in [0.29, 0.717) is 31.5 Å². The van der Waals surface area contributed by atoms with Crippen LogP contribution >= 0.6 is 0 Å². The number of nitrogens with zero attached hydrogens (tertiary/aromatic N) is 1. The minimum Gasteiger partial charge on any atom is -0.444 e. The third-order valence-corrected chi connectivity index (χ3v) is 3.90. The van der Waals surface area contributed by atoms with Crippen LogP contribution in [-0.2, 0) is 14.3 Å². The first kappa shape index (κ1) is 24.1. The number of hydrogen-bond acceptors (Lipinski definition) is 6. The highest BCUT2D eigenvalue weighted by atomic mass is 16.6. The number of ether oxygens (including phenoxy) is 1. The van der Waals surface area contributed by atoms with Crippen molar-refractivity contribution in [1.29, 1.82) is 0 Å². The number of alkyl carbamates (subject to hydrolysis) is 1. The zero-order chi connectivity index (χ0) is 22.0. The monoisotopic (exact) mass is 407 g/mol. The molecule has 2 amide bonds. The van der Waals surface area contributed by atoms with E-state index in [1.165, 1.54) is 31.2 Å². The van der Waals surface area contributed by atoms with E-state index in [1.54, 1.807) is 20.8 Å². The van der Waals surface area contributed by atoms with Gasteiger partial charge < -0.3 is 20.2 Å². The summed E-state index contributed by atoms with van der Waals surface area (Å²) >= 11 is 0. The van der Waals surface area contributed by atoms with Gasteiger partial charge in [0.25, 0.3) is 5.69 Å². The standard InChI is InChI=1S/C20H29N3O6/c1-14(24)13-15(7-5-6-12-21-19(26)29-20(2,3)4)18(25)22-16-8-10-17(11-9-16)23(27)28/h8-11,15H,5-7,12-13H2,1-4H3,(H,21,26)(H,22,25)/t15-/m1/s1. The SMILES string of the molecule is CC(=O)C[C@@H](CCCCNC(=O)OC(C)(C)C)C(=O)Nc1ccc([N+](=O)[O-])cc1. The summed E-state index contributed by atoms with van der Waals surface area (Å²) < 4.78 is 5.14. The number of nitro benzene ring substituents is 1. The number of nitro groups is 1. The Hall–Kier alpha value is -2.97. The number of benzene rings is 1. The Balaban J connectivity index is 2.50. The topological polar surface area (TPSA) is 128 Å². The number of unbranched alkanes of at least 4 members (excludes halogenated alkanes) is 1. The third kappa shape index (κ3) is 10.2. The zero-order valence-electron chi connectivity index (χ0n) is 17.3. The highest BCUT2D eigenvalue weighted by Crippen LogP contribution is 2.19. The molecule has 1 aromatic carbocycles. The van der Waals surface area contributed by atoms with Crippen molar-refractivity contribution in [3.05, 3.63) is 34.4 Å². The number of carbonyl (C=O) groups excluding carboxylic acids is 3. The molecule has 9 nitrogen and oxygen atoms in total. The quantitative estimate of drug-likeness (QED) is 0.345. The van der Waals surface area contributed by atoms with Crippen molar-refractivity contribution < 1.29 is 24.0 Å². The molecule has 0 saturated heterocycles. The molecular formula is C20H29N3O6. The smallest absolute Gasteiger partial charge is 0.407 e. The lowest BCUT2D eigenvalue weighted by Gasteiger charge is -2.19. The van der Waals surface area contributed by atoms with E-state index in [4.69, 9.17) is 4.74 Å². The minimum absolute atomic E-state index is 0.0687. The van der Waals surface area contributed by atoms with Gasteiger partial charge in [0, 0.05) is 36.7 Å². The average Bonchev–Trinajstić information content (AvgIpc) is 2.59. The van der Waals surface area contributed by atoms with E-state index in [1.807, 2.05) is 0 Å². The van der Waals surface area contributed by atoms with Gasteiger partial charge in [0.15, 0.2) is 0 Å². The molecule has 0 fully saturated rings. The molecule has 0 aliphatic carbocycles. The van der Waals surface area contributed by atoms with Crippen LogP contribution in [0, 0.1) is 16.0 Å².